The van der Waals surface area contributed by atoms with Crippen LogP contribution >= 0.6 is 11.6 Å². The van der Waals surface area contributed by atoms with Gasteiger partial charge in [0, 0.05) is 49.3 Å². The van der Waals surface area contributed by atoms with Gasteiger partial charge in [0.05, 0.1) is 23.4 Å². The number of nitrogens with one attached hydrogen (secondary N) is 1. The number of hydrogen-bond acceptors (Lipinski definition) is 11. The van der Waals surface area contributed by atoms with Crippen molar-refractivity contribution in [2.45, 2.75) is 45.8 Å². The number of hydrogen-bond donors (Lipinski definition) is 3. The molecule has 2 aromatic rings. The first kappa shape index (κ1) is 30.1. The molecule has 0 radical (unpaired) electrons. The molecular weight excluding hydrogens is 526 g/mol. The molecule has 212 valence electrons. The summed E-state index contributed by atoms with van der Waals surface area (Å²) in [6.45, 7) is 6.53. The Bertz CT molecular complexity index is 1230. The van der Waals surface area contributed by atoms with Gasteiger partial charge in [-0.3, -0.25) is 4.79 Å². The molecule has 11 nitrogen and oxygen atoms in total. The van der Waals surface area contributed by atoms with E-state index < -0.39 is 12.3 Å². The molecule has 0 bridgehead atoms. The molecule has 39 heavy (non-hydrogen) atoms. The predicted octanol–water partition coefficient (Wildman–Crippen LogP) is 3.10. The topological polar surface area (TPSA) is 149 Å². The van der Waals surface area contributed by atoms with Crippen LogP contribution in [0.5, 0.6) is 5.75 Å². The second-order valence-electron chi connectivity index (χ2n) is 9.38. The molecule has 4 N–H and O–H groups in total. The van der Waals surface area contributed by atoms with Crippen LogP contribution in [0, 0.1) is 6.92 Å². The SMILES string of the molecule is CNC[C@@H](O)COc1ccc(Cl)c(-c2nc(C(C(C)=O)=C(C)N)c(C)c(N3CCC(OC(=O)OC)CC3)n2)c1. The lowest BCUT2D eigenvalue weighted by Crippen LogP contribution is -2.39. The van der Waals surface area contributed by atoms with Crippen molar-refractivity contribution >= 4 is 34.9 Å². The normalized spacial score (nSPS) is 15.4. The van der Waals surface area contributed by atoms with Crippen molar-refractivity contribution in [3.63, 3.8) is 0 Å². The lowest BCUT2D eigenvalue weighted by molar-refractivity contribution is -0.111. The summed E-state index contributed by atoms with van der Waals surface area (Å²) in [5.74, 6) is 1.18. The second kappa shape index (κ2) is 13.6. The van der Waals surface area contributed by atoms with Crippen molar-refractivity contribution in [2.75, 3.05) is 45.3 Å². The molecule has 0 spiro atoms. The Hall–Kier alpha value is -3.41. The van der Waals surface area contributed by atoms with Gasteiger partial charge in [0.25, 0.3) is 0 Å². The average molecular weight is 562 g/mol. The standard InChI is InChI=1S/C27H36ClN5O6/c1-15-24(23(16(2)29)17(3)34)31-25(21-12-20(6-7-22(21)28)38-14-18(35)13-30-4)32-26(15)33-10-8-19(9-11-33)39-27(36)37-5/h6-7,12,18-19,30,35H,8-11,13-14,29H2,1-5H3/t18-/m1/s1. The fourth-order valence-electron chi connectivity index (χ4n) is 4.43. The highest BCUT2D eigenvalue weighted by Gasteiger charge is 2.28. The Labute approximate surface area is 233 Å². The maximum Gasteiger partial charge on any atom is 0.508 e. The molecule has 1 aliphatic heterocycles. The molecule has 0 amide bonds. The van der Waals surface area contributed by atoms with E-state index >= 15 is 0 Å². The molecule has 3 rings (SSSR count). The number of halogens is 1. The summed E-state index contributed by atoms with van der Waals surface area (Å²) in [5, 5.41) is 13.3. The minimum Gasteiger partial charge on any atom is -0.491 e. The van der Waals surface area contributed by atoms with E-state index in [2.05, 4.69) is 15.0 Å². The fraction of sp³-hybridized carbons (Fsp3) is 0.481. The molecule has 0 saturated carbocycles. The number of Topliss-reactive ketones (excluding diaryl/α,β-unsaturated/α-hetero) is 1. The smallest absolute Gasteiger partial charge is 0.491 e. The number of allylic oxidation sites excluding steroid dienone is 2. The van der Waals surface area contributed by atoms with Gasteiger partial charge in [-0.15, -0.1) is 0 Å². The summed E-state index contributed by atoms with van der Waals surface area (Å²) in [6, 6.07) is 5.07. The van der Waals surface area contributed by atoms with E-state index in [1.165, 1.54) is 14.0 Å². The van der Waals surface area contributed by atoms with E-state index in [1.807, 2.05) is 6.92 Å². The summed E-state index contributed by atoms with van der Waals surface area (Å²) >= 11 is 6.59. The van der Waals surface area contributed by atoms with Gasteiger partial charge in [0.2, 0.25) is 0 Å². The van der Waals surface area contributed by atoms with Crippen LogP contribution in [0.2, 0.25) is 5.02 Å². The van der Waals surface area contributed by atoms with E-state index in [0.717, 1.165) is 0 Å². The van der Waals surface area contributed by atoms with Crippen molar-refractivity contribution in [2.24, 2.45) is 5.73 Å². The van der Waals surface area contributed by atoms with Crippen LogP contribution in [0.1, 0.15) is 37.9 Å². The second-order valence-corrected chi connectivity index (χ2v) is 9.79. The van der Waals surface area contributed by atoms with Crippen LogP contribution < -0.4 is 20.7 Å². The van der Waals surface area contributed by atoms with Crippen LogP contribution in [0.15, 0.2) is 23.9 Å². The summed E-state index contributed by atoms with van der Waals surface area (Å²) in [5.41, 5.74) is 8.39. The van der Waals surface area contributed by atoms with Crippen LogP contribution in [0.25, 0.3) is 17.0 Å². The number of methoxy groups -OCH3 is 1. The van der Waals surface area contributed by atoms with Crippen molar-refractivity contribution in [1.82, 2.24) is 15.3 Å². The monoisotopic (exact) mass is 561 g/mol. The molecule has 1 atom stereocenters. The first-order chi connectivity index (χ1) is 18.5. The Balaban J connectivity index is 2.05. The van der Waals surface area contributed by atoms with E-state index in [9.17, 15) is 14.7 Å². The highest BCUT2D eigenvalue weighted by Crippen LogP contribution is 2.35. The zero-order chi connectivity index (χ0) is 28.7. The van der Waals surface area contributed by atoms with Gasteiger partial charge in [0.1, 0.15) is 30.4 Å². The number of piperidine rings is 1. The third-order valence-corrected chi connectivity index (χ3v) is 6.66. The number of nitrogens with two attached hydrogens (primary N) is 1. The maximum absolute atomic E-state index is 12.6. The van der Waals surface area contributed by atoms with Crippen LogP contribution in [0.4, 0.5) is 10.6 Å². The van der Waals surface area contributed by atoms with Gasteiger partial charge in [0.15, 0.2) is 11.6 Å². The molecule has 1 saturated heterocycles. The molecule has 0 aliphatic carbocycles. The molecule has 0 unspecified atom stereocenters. The van der Waals surface area contributed by atoms with Crippen LogP contribution in [-0.4, -0.2) is 79.6 Å². The predicted molar refractivity (Wildman–Crippen MR) is 149 cm³/mol. The lowest BCUT2D eigenvalue weighted by atomic mass is 10.0. The number of benzene rings is 1. The van der Waals surface area contributed by atoms with Crippen molar-refractivity contribution in [3.8, 4) is 17.1 Å². The number of anilines is 1. The number of ketones is 1. The Morgan fingerprint density at radius 2 is 1.95 bits per heavy atom. The minimum absolute atomic E-state index is 0.0827. The number of ether oxygens (including phenoxy) is 3. The van der Waals surface area contributed by atoms with Crippen molar-refractivity contribution in [1.29, 1.82) is 0 Å². The number of likely N-dealkylation sites (N-methyl/N-ethyl adjacent to an activating group) is 1. The highest BCUT2D eigenvalue weighted by molar-refractivity contribution is 6.33. The first-order valence-corrected chi connectivity index (χ1v) is 13.0. The maximum atomic E-state index is 12.6. The highest BCUT2D eigenvalue weighted by atomic mass is 35.5. The number of carbonyl (C=O) groups excluding carboxylic acids is 2. The van der Waals surface area contributed by atoms with Gasteiger partial charge in [-0.25, -0.2) is 14.8 Å². The first-order valence-electron chi connectivity index (χ1n) is 12.7. The third kappa shape index (κ3) is 7.59. The van der Waals surface area contributed by atoms with Crippen molar-refractivity contribution in [3.05, 3.63) is 40.2 Å². The molecule has 1 fully saturated rings. The van der Waals surface area contributed by atoms with Gasteiger partial charge in [-0.05, 0) is 46.0 Å². The minimum atomic E-state index is -0.707. The fourth-order valence-corrected chi connectivity index (χ4v) is 4.63. The van der Waals surface area contributed by atoms with E-state index in [4.69, 9.17) is 36.8 Å². The number of carbonyl (C=O) groups is 2. The zero-order valence-corrected chi connectivity index (χ0v) is 23.7. The third-order valence-electron chi connectivity index (χ3n) is 6.34. The van der Waals surface area contributed by atoms with Crippen molar-refractivity contribution < 1.29 is 28.9 Å². The van der Waals surface area contributed by atoms with E-state index in [1.54, 1.807) is 32.2 Å². The molecule has 1 aliphatic rings. The zero-order valence-electron chi connectivity index (χ0n) is 22.9. The largest absolute Gasteiger partial charge is 0.508 e. The number of aliphatic hydroxyl groups is 1. The van der Waals surface area contributed by atoms with Gasteiger partial charge >= 0.3 is 6.16 Å². The number of aliphatic hydroxyl groups excluding tert-OH is 1. The number of rotatable bonds is 10. The van der Waals surface area contributed by atoms with E-state index in [-0.39, 0.29) is 18.5 Å². The molecule has 1 aromatic carbocycles. The quantitative estimate of drug-likeness (QED) is 0.290. The van der Waals surface area contributed by atoms with Gasteiger partial charge in [-0.2, -0.15) is 0 Å². The summed E-state index contributed by atoms with van der Waals surface area (Å²) in [6.07, 6.45) is -0.512. The average Bonchev–Trinajstić information content (AvgIpc) is 2.89. The molecular formula is C27H36ClN5O6. The summed E-state index contributed by atoms with van der Waals surface area (Å²) < 4.78 is 15.7. The number of nitrogens with zero attached hydrogens (tertiary/aromatic N) is 3. The van der Waals surface area contributed by atoms with Crippen LogP contribution in [-0.2, 0) is 14.3 Å². The summed E-state index contributed by atoms with van der Waals surface area (Å²) in [7, 11) is 3.02. The Morgan fingerprint density at radius 3 is 2.54 bits per heavy atom. The van der Waals surface area contributed by atoms with Gasteiger partial charge in [-0.1, -0.05) is 11.6 Å². The molecule has 12 heteroatoms. The number of aromatic nitrogens is 2. The molecule has 2 heterocycles. The molecule has 1 aromatic heterocycles. The Morgan fingerprint density at radius 1 is 1.26 bits per heavy atom. The van der Waals surface area contributed by atoms with Gasteiger partial charge < -0.3 is 35.3 Å². The van der Waals surface area contributed by atoms with Crippen LogP contribution in [0.3, 0.4) is 0 Å². The summed E-state index contributed by atoms with van der Waals surface area (Å²) in [4.78, 5) is 35.8. The van der Waals surface area contributed by atoms with E-state index in [0.29, 0.717) is 83.0 Å². The Kier molecular flexibility index (Phi) is 10.5. The lowest BCUT2D eigenvalue weighted by Gasteiger charge is -2.33.